The van der Waals surface area contributed by atoms with Crippen LogP contribution in [0.1, 0.15) is 32.0 Å². The Morgan fingerprint density at radius 1 is 1.00 bits per heavy atom. The number of aliphatic hydroxyl groups is 1. The van der Waals surface area contributed by atoms with Crippen LogP contribution in [0.2, 0.25) is 5.02 Å². The minimum atomic E-state index is -0.599. The molecule has 3 N–H and O–H groups in total. The number of carbonyl (C=O) groups excluding carboxylic acids is 2. The molecule has 5 rings (SSSR count). The molecule has 10 nitrogen and oxygen atoms in total. The van der Waals surface area contributed by atoms with Crippen LogP contribution < -0.4 is 15.5 Å². The van der Waals surface area contributed by atoms with Gasteiger partial charge in [0, 0.05) is 87.0 Å². The molecule has 1 unspecified atom stereocenters. The number of para-hydroxylation sites is 2. The third-order valence-corrected chi connectivity index (χ3v) is 8.09. The minimum absolute atomic E-state index is 0.0480. The molecule has 0 spiro atoms. The number of anilines is 2. The molecular weight excluding hydrogens is 554 g/mol. The van der Waals surface area contributed by atoms with E-state index in [-0.39, 0.29) is 18.0 Å². The maximum Gasteiger partial charge on any atom is 0.319 e. The van der Waals surface area contributed by atoms with Crippen molar-refractivity contribution in [3.05, 3.63) is 64.8 Å². The maximum atomic E-state index is 12.3. The van der Waals surface area contributed by atoms with Crippen molar-refractivity contribution in [3.8, 4) is 11.3 Å². The number of hydrogen-bond acceptors (Lipinski definition) is 6. The lowest BCUT2D eigenvalue weighted by Crippen LogP contribution is -2.49. The number of aromatic nitrogens is 2. The molecule has 3 aromatic rings. The van der Waals surface area contributed by atoms with Crippen LogP contribution in [0.4, 0.5) is 16.2 Å². The van der Waals surface area contributed by atoms with E-state index >= 15 is 0 Å². The van der Waals surface area contributed by atoms with E-state index in [9.17, 15) is 14.7 Å². The number of urea groups is 1. The first kappa shape index (κ1) is 29.9. The van der Waals surface area contributed by atoms with Gasteiger partial charge < -0.3 is 25.5 Å². The molecule has 224 valence electrons. The van der Waals surface area contributed by atoms with Crippen molar-refractivity contribution in [1.29, 1.82) is 0 Å². The SMILES string of the molecule is CC(=O)N1CCc2c(c(-c3ccc(Cl)cc3)nn2CC(O)CN2CCN(c3ccccc3NC(=O)NC(C)C)CC2)C1. The number of aliphatic hydroxyl groups excluding tert-OH is 1. The van der Waals surface area contributed by atoms with Gasteiger partial charge in [0.2, 0.25) is 5.91 Å². The Balaban J connectivity index is 1.22. The van der Waals surface area contributed by atoms with Crippen LogP contribution in [-0.4, -0.2) is 88.0 Å². The molecule has 1 atom stereocenters. The number of halogens is 1. The zero-order chi connectivity index (χ0) is 29.8. The molecule has 2 aliphatic heterocycles. The summed E-state index contributed by atoms with van der Waals surface area (Å²) in [6.45, 7) is 10.7. The van der Waals surface area contributed by atoms with Gasteiger partial charge in [-0.3, -0.25) is 14.4 Å². The standard InChI is InChI=1S/C31H40ClN7O3/c1-21(2)33-31(42)34-27-6-4-5-7-29(27)37-16-14-36(15-17-37)18-25(41)19-39-28-12-13-38(22(3)40)20-26(28)30(35-39)23-8-10-24(32)11-9-23/h4-11,21,25,41H,12-20H2,1-3H3,(H2,33,34,42). The molecule has 3 amide bonds. The molecule has 3 heterocycles. The van der Waals surface area contributed by atoms with Gasteiger partial charge in [0.25, 0.3) is 0 Å². The van der Waals surface area contributed by atoms with E-state index in [0.717, 1.165) is 60.1 Å². The van der Waals surface area contributed by atoms with Crippen LogP contribution in [0, 0.1) is 0 Å². The van der Waals surface area contributed by atoms with E-state index in [1.165, 1.54) is 0 Å². The second-order valence-corrected chi connectivity index (χ2v) is 11.8. The van der Waals surface area contributed by atoms with Crippen LogP contribution in [0.25, 0.3) is 11.3 Å². The van der Waals surface area contributed by atoms with E-state index in [4.69, 9.17) is 16.7 Å². The van der Waals surface area contributed by atoms with Gasteiger partial charge in [-0.15, -0.1) is 0 Å². The number of nitrogens with one attached hydrogen (secondary N) is 2. The normalized spacial score (nSPS) is 16.3. The Labute approximate surface area is 252 Å². The van der Waals surface area contributed by atoms with E-state index < -0.39 is 6.10 Å². The Morgan fingerprint density at radius 2 is 1.71 bits per heavy atom. The topological polar surface area (TPSA) is 106 Å². The van der Waals surface area contributed by atoms with Crippen LogP contribution in [0.15, 0.2) is 48.5 Å². The second kappa shape index (κ2) is 13.1. The largest absolute Gasteiger partial charge is 0.390 e. The molecule has 2 aromatic carbocycles. The summed E-state index contributed by atoms with van der Waals surface area (Å²) in [6.07, 6.45) is 0.0990. The molecule has 0 bridgehead atoms. The van der Waals surface area contributed by atoms with E-state index in [0.29, 0.717) is 37.6 Å². The van der Waals surface area contributed by atoms with Crippen molar-refractivity contribution in [2.24, 2.45) is 0 Å². The average Bonchev–Trinajstić information content (AvgIpc) is 3.31. The Hall–Kier alpha value is -3.60. The quantitative estimate of drug-likeness (QED) is 0.367. The molecule has 0 saturated carbocycles. The zero-order valence-corrected chi connectivity index (χ0v) is 25.3. The monoisotopic (exact) mass is 593 g/mol. The fourth-order valence-electron chi connectivity index (χ4n) is 5.75. The number of fused-ring (bicyclic) bond motifs is 1. The lowest BCUT2D eigenvalue weighted by Gasteiger charge is -2.37. The molecule has 11 heteroatoms. The molecule has 42 heavy (non-hydrogen) atoms. The van der Waals surface area contributed by atoms with Crippen LogP contribution in [0.3, 0.4) is 0 Å². The zero-order valence-electron chi connectivity index (χ0n) is 24.5. The van der Waals surface area contributed by atoms with Crippen molar-refractivity contribution < 1.29 is 14.7 Å². The molecule has 2 aliphatic rings. The first-order valence-corrected chi connectivity index (χ1v) is 15.0. The summed E-state index contributed by atoms with van der Waals surface area (Å²) in [5.41, 5.74) is 5.67. The predicted molar refractivity (Wildman–Crippen MR) is 166 cm³/mol. The fraction of sp³-hybridized carbons (Fsp3) is 0.452. The number of β-amino-alcohol motifs (C(OH)–C–C–N with tert-alkyl or cyclic N) is 1. The third kappa shape index (κ3) is 7.06. The molecule has 0 radical (unpaired) electrons. The van der Waals surface area contributed by atoms with E-state index in [1.807, 2.05) is 72.0 Å². The van der Waals surface area contributed by atoms with Gasteiger partial charge >= 0.3 is 6.03 Å². The van der Waals surface area contributed by atoms with Crippen LogP contribution in [0.5, 0.6) is 0 Å². The number of rotatable bonds is 8. The van der Waals surface area contributed by atoms with Gasteiger partial charge in [-0.25, -0.2) is 4.79 Å². The summed E-state index contributed by atoms with van der Waals surface area (Å²) < 4.78 is 1.93. The predicted octanol–water partition coefficient (Wildman–Crippen LogP) is 3.82. The Kier molecular flexibility index (Phi) is 9.35. The van der Waals surface area contributed by atoms with Crippen molar-refractivity contribution in [2.75, 3.05) is 49.5 Å². The molecule has 1 aromatic heterocycles. The summed E-state index contributed by atoms with van der Waals surface area (Å²) >= 11 is 6.12. The average molecular weight is 594 g/mol. The summed E-state index contributed by atoms with van der Waals surface area (Å²) in [4.78, 5) is 30.8. The third-order valence-electron chi connectivity index (χ3n) is 7.83. The highest BCUT2D eigenvalue weighted by Crippen LogP contribution is 2.31. The summed E-state index contributed by atoms with van der Waals surface area (Å²) in [5.74, 6) is 0.0480. The Bertz CT molecular complexity index is 1400. The van der Waals surface area contributed by atoms with E-state index in [1.54, 1.807) is 6.92 Å². The van der Waals surface area contributed by atoms with Crippen molar-refractivity contribution in [1.82, 2.24) is 24.9 Å². The number of nitrogens with zero attached hydrogens (tertiary/aromatic N) is 5. The number of benzene rings is 2. The lowest BCUT2D eigenvalue weighted by molar-refractivity contribution is -0.129. The Morgan fingerprint density at radius 3 is 2.40 bits per heavy atom. The highest BCUT2D eigenvalue weighted by Gasteiger charge is 2.28. The number of carbonyl (C=O) groups is 2. The van der Waals surface area contributed by atoms with Crippen molar-refractivity contribution in [3.63, 3.8) is 0 Å². The maximum absolute atomic E-state index is 12.3. The van der Waals surface area contributed by atoms with Gasteiger partial charge in [0.05, 0.1) is 29.7 Å². The smallest absolute Gasteiger partial charge is 0.319 e. The molecule has 1 fully saturated rings. The summed E-state index contributed by atoms with van der Waals surface area (Å²) in [7, 11) is 0. The first-order chi connectivity index (χ1) is 20.2. The van der Waals surface area contributed by atoms with E-state index in [2.05, 4.69) is 20.4 Å². The minimum Gasteiger partial charge on any atom is -0.390 e. The van der Waals surface area contributed by atoms with Gasteiger partial charge in [-0.2, -0.15) is 5.10 Å². The van der Waals surface area contributed by atoms with Crippen LogP contribution >= 0.6 is 11.6 Å². The summed E-state index contributed by atoms with van der Waals surface area (Å²) in [5, 5.41) is 22.6. The van der Waals surface area contributed by atoms with Gasteiger partial charge in [0.1, 0.15) is 0 Å². The van der Waals surface area contributed by atoms with Gasteiger partial charge in [0.15, 0.2) is 0 Å². The summed E-state index contributed by atoms with van der Waals surface area (Å²) in [6, 6.07) is 15.3. The van der Waals surface area contributed by atoms with Gasteiger partial charge in [-0.05, 0) is 38.1 Å². The van der Waals surface area contributed by atoms with Crippen molar-refractivity contribution >= 4 is 34.9 Å². The first-order valence-electron chi connectivity index (χ1n) is 14.6. The second-order valence-electron chi connectivity index (χ2n) is 11.4. The van der Waals surface area contributed by atoms with Crippen molar-refractivity contribution in [2.45, 2.75) is 52.4 Å². The fourth-order valence-corrected chi connectivity index (χ4v) is 5.88. The highest BCUT2D eigenvalue weighted by molar-refractivity contribution is 6.30. The number of piperazine rings is 1. The number of amides is 3. The van der Waals surface area contributed by atoms with Gasteiger partial charge in [-0.1, -0.05) is 35.9 Å². The lowest BCUT2D eigenvalue weighted by atomic mass is 10.0. The molecule has 1 saturated heterocycles. The highest BCUT2D eigenvalue weighted by atomic mass is 35.5. The van der Waals surface area contributed by atoms with Crippen LogP contribution in [-0.2, 0) is 24.3 Å². The molecular formula is C31H40ClN7O3. The number of hydrogen-bond donors (Lipinski definition) is 3. The molecule has 0 aliphatic carbocycles.